The van der Waals surface area contributed by atoms with Crippen LogP contribution in [0.25, 0.3) is 10.9 Å². The van der Waals surface area contributed by atoms with E-state index < -0.39 is 12.1 Å². The Kier molecular flexibility index (Phi) is 6.30. The maximum atomic E-state index is 12.7. The average molecular weight is 385 g/mol. The molecule has 1 atom stereocenters. The molecule has 4 amide bonds. The second-order valence-electron chi connectivity index (χ2n) is 6.98. The first kappa shape index (κ1) is 19.9. The van der Waals surface area contributed by atoms with Crippen molar-refractivity contribution in [2.45, 2.75) is 26.3 Å². The second kappa shape index (κ2) is 8.88. The minimum atomic E-state index is -0.480. The molecule has 0 bridgehead atoms. The number of benzene rings is 1. The molecular weight excluding hydrogens is 358 g/mol. The molecule has 2 aromatic rings. The third-order valence-corrected chi connectivity index (χ3v) is 5.18. The lowest BCUT2D eigenvalue weighted by molar-refractivity contribution is -0.133. The molecule has 1 aliphatic heterocycles. The summed E-state index contributed by atoms with van der Waals surface area (Å²) >= 11 is 0. The zero-order valence-corrected chi connectivity index (χ0v) is 16.3. The van der Waals surface area contributed by atoms with Crippen molar-refractivity contribution in [1.29, 1.82) is 0 Å². The summed E-state index contributed by atoms with van der Waals surface area (Å²) in [6.07, 6.45) is 2.25. The van der Waals surface area contributed by atoms with Crippen molar-refractivity contribution in [3.8, 4) is 0 Å². The lowest BCUT2D eigenvalue weighted by Gasteiger charge is -2.37. The number of rotatable bonds is 5. The van der Waals surface area contributed by atoms with Crippen LogP contribution in [0.3, 0.4) is 0 Å². The summed E-state index contributed by atoms with van der Waals surface area (Å²) in [4.78, 5) is 43.4. The summed E-state index contributed by atoms with van der Waals surface area (Å²) in [7, 11) is 0. The molecule has 0 radical (unpaired) electrons. The van der Waals surface area contributed by atoms with Crippen LogP contribution in [0.15, 0.2) is 30.5 Å². The van der Waals surface area contributed by atoms with Crippen LogP contribution in [0.4, 0.5) is 4.79 Å². The number of hydrogen-bond donors (Lipinski definition) is 3. The molecule has 0 aliphatic carbocycles. The van der Waals surface area contributed by atoms with Gasteiger partial charge in [-0.1, -0.05) is 18.2 Å². The minimum Gasteiger partial charge on any atom is -0.361 e. The number of aromatic amines is 1. The fourth-order valence-corrected chi connectivity index (χ4v) is 3.50. The van der Waals surface area contributed by atoms with Gasteiger partial charge in [0.05, 0.1) is 12.5 Å². The Morgan fingerprint density at radius 1 is 1.14 bits per heavy atom. The zero-order chi connectivity index (χ0) is 20.1. The van der Waals surface area contributed by atoms with Crippen LogP contribution in [0.1, 0.15) is 19.4 Å². The van der Waals surface area contributed by atoms with E-state index in [1.807, 2.05) is 40.3 Å². The highest BCUT2D eigenvalue weighted by molar-refractivity contribution is 5.96. The molecule has 150 valence electrons. The molecule has 3 N–H and O–H groups in total. The Morgan fingerprint density at radius 2 is 1.86 bits per heavy atom. The van der Waals surface area contributed by atoms with E-state index in [0.29, 0.717) is 39.1 Å². The van der Waals surface area contributed by atoms with Gasteiger partial charge in [-0.3, -0.25) is 19.8 Å². The lowest BCUT2D eigenvalue weighted by Crippen LogP contribution is -2.56. The van der Waals surface area contributed by atoms with Gasteiger partial charge in [-0.05, 0) is 25.5 Å². The van der Waals surface area contributed by atoms with Crippen LogP contribution in [-0.2, 0) is 16.0 Å². The van der Waals surface area contributed by atoms with Gasteiger partial charge in [0.25, 0.3) is 0 Å². The molecule has 1 aromatic carbocycles. The number of nitrogens with one attached hydrogen (secondary N) is 3. The van der Waals surface area contributed by atoms with Gasteiger partial charge < -0.3 is 15.2 Å². The van der Waals surface area contributed by atoms with E-state index in [1.54, 1.807) is 13.8 Å². The number of piperazine rings is 1. The SMILES string of the molecule is CCNC(=O)NC(=O)C(C)N1CCN(C(=O)Cc2c[nH]c3ccccc23)CC1. The number of hydrogen-bond acceptors (Lipinski definition) is 4. The summed E-state index contributed by atoms with van der Waals surface area (Å²) in [5.74, 6) is -0.242. The molecule has 1 aromatic heterocycles. The van der Waals surface area contributed by atoms with Crippen molar-refractivity contribution in [1.82, 2.24) is 25.4 Å². The largest absolute Gasteiger partial charge is 0.361 e. The Hall–Kier alpha value is -2.87. The fraction of sp³-hybridized carbons (Fsp3) is 0.450. The van der Waals surface area contributed by atoms with E-state index in [4.69, 9.17) is 0 Å². The number of aromatic nitrogens is 1. The molecule has 1 aliphatic rings. The molecule has 1 unspecified atom stereocenters. The predicted octanol–water partition coefficient (Wildman–Crippen LogP) is 1.09. The van der Waals surface area contributed by atoms with Crippen LogP contribution in [0.2, 0.25) is 0 Å². The first-order valence-corrected chi connectivity index (χ1v) is 9.65. The van der Waals surface area contributed by atoms with Gasteiger partial charge in [0.2, 0.25) is 11.8 Å². The number of para-hydroxylation sites is 1. The Balaban J connectivity index is 1.51. The number of nitrogens with zero attached hydrogens (tertiary/aromatic N) is 2. The highest BCUT2D eigenvalue weighted by atomic mass is 16.2. The third kappa shape index (κ3) is 4.51. The molecule has 2 heterocycles. The number of urea groups is 1. The van der Waals surface area contributed by atoms with E-state index in [-0.39, 0.29) is 11.8 Å². The smallest absolute Gasteiger partial charge is 0.321 e. The van der Waals surface area contributed by atoms with Gasteiger partial charge in [0.1, 0.15) is 0 Å². The molecular formula is C20H27N5O3. The van der Waals surface area contributed by atoms with E-state index in [9.17, 15) is 14.4 Å². The molecule has 0 saturated carbocycles. The Morgan fingerprint density at radius 3 is 2.57 bits per heavy atom. The number of amides is 4. The Labute approximate surface area is 164 Å². The van der Waals surface area contributed by atoms with Crippen LogP contribution in [0, 0.1) is 0 Å². The Bertz CT molecular complexity index is 854. The first-order chi connectivity index (χ1) is 13.5. The highest BCUT2D eigenvalue weighted by Crippen LogP contribution is 2.19. The highest BCUT2D eigenvalue weighted by Gasteiger charge is 2.28. The standard InChI is InChI=1S/C20H27N5O3/c1-3-21-20(28)23-19(27)14(2)24-8-10-25(11-9-24)18(26)12-15-13-22-17-7-5-4-6-16(15)17/h4-7,13-14,22H,3,8-12H2,1-2H3,(H2,21,23,27,28). The molecule has 28 heavy (non-hydrogen) atoms. The van der Waals surface area contributed by atoms with Crippen molar-refractivity contribution < 1.29 is 14.4 Å². The molecule has 0 spiro atoms. The van der Waals surface area contributed by atoms with Gasteiger partial charge in [0, 0.05) is 49.8 Å². The molecule has 8 heteroatoms. The van der Waals surface area contributed by atoms with Gasteiger partial charge in [-0.25, -0.2) is 4.79 Å². The number of carbonyl (C=O) groups is 3. The first-order valence-electron chi connectivity index (χ1n) is 9.65. The fourth-order valence-electron chi connectivity index (χ4n) is 3.50. The van der Waals surface area contributed by atoms with Gasteiger partial charge in [0.15, 0.2) is 0 Å². The van der Waals surface area contributed by atoms with E-state index in [2.05, 4.69) is 15.6 Å². The monoisotopic (exact) mass is 385 g/mol. The maximum Gasteiger partial charge on any atom is 0.321 e. The number of H-pyrrole nitrogens is 1. The zero-order valence-electron chi connectivity index (χ0n) is 16.3. The van der Waals surface area contributed by atoms with E-state index >= 15 is 0 Å². The van der Waals surface area contributed by atoms with Crippen LogP contribution in [-0.4, -0.2) is 71.4 Å². The van der Waals surface area contributed by atoms with E-state index in [1.165, 1.54) is 0 Å². The van der Waals surface area contributed by atoms with Crippen molar-refractivity contribution in [3.63, 3.8) is 0 Å². The molecule has 8 nitrogen and oxygen atoms in total. The predicted molar refractivity (Wildman–Crippen MR) is 107 cm³/mol. The summed E-state index contributed by atoms with van der Waals surface area (Å²) in [5, 5.41) is 5.96. The van der Waals surface area contributed by atoms with E-state index in [0.717, 1.165) is 16.5 Å². The summed E-state index contributed by atoms with van der Waals surface area (Å²) in [5.41, 5.74) is 2.03. The number of imide groups is 1. The lowest BCUT2D eigenvalue weighted by atomic mass is 10.1. The van der Waals surface area contributed by atoms with Crippen LogP contribution in [0.5, 0.6) is 0 Å². The number of fused-ring (bicyclic) bond motifs is 1. The second-order valence-corrected chi connectivity index (χ2v) is 6.98. The maximum absolute atomic E-state index is 12.7. The summed E-state index contributed by atoms with van der Waals surface area (Å²) in [6, 6.07) is 7.04. The van der Waals surface area contributed by atoms with Crippen molar-refractivity contribution in [2.24, 2.45) is 0 Å². The van der Waals surface area contributed by atoms with Crippen LogP contribution >= 0.6 is 0 Å². The van der Waals surface area contributed by atoms with Gasteiger partial charge >= 0.3 is 6.03 Å². The van der Waals surface area contributed by atoms with Crippen molar-refractivity contribution in [2.75, 3.05) is 32.7 Å². The number of carbonyl (C=O) groups excluding carboxylic acids is 3. The van der Waals surface area contributed by atoms with Gasteiger partial charge in [-0.2, -0.15) is 0 Å². The third-order valence-electron chi connectivity index (χ3n) is 5.18. The minimum absolute atomic E-state index is 0.0869. The quantitative estimate of drug-likeness (QED) is 0.718. The molecule has 1 saturated heterocycles. The topological polar surface area (TPSA) is 97.5 Å². The summed E-state index contributed by atoms with van der Waals surface area (Å²) in [6.45, 7) is 6.37. The molecule has 3 rings (SSSR count). The van der Waals surface area contributed by atoms with Gasteiger partial charge in [-0.15, -0.1) is 0 Å². The van der Waals surface area contributed by atoms with Crippen molar-refractivity contribution in [3.05, 3.63) is 36.0 Å². The molecule has 1 fully saturated rings. The van der Waals surface area contributed by atoms with Crippen molar-refractivity contribution >= 4 is 28.7 Å². The normalized spacial score (nSPS) is 16.0. The van der Waals surface area contributed by atoms with Crippen LogP contribution < -0.4 is 10.6 Å². The average Bonchev–Trinajstić information content (AvgIpc) is 3.10. The summed E-state index contributed by atoms with van der Waals surface area (Å²) < 4.78 is 0.